The molecule has 0 spiro atoms. The van der Waals surface area contributed by atoms with Gasteiger partial charge in [0.1, 0.15) is 0 Å². The number of ether oxygens (including phenoxy) is 1. The molecule has 15 heavy (non-hydrogen) atoms. The van der Waals surface area contributed by atoms with Crippen LogP contribution in [-0.2, 0) is 4.74 Å². The first-order valence-corrected chi connectivity index (χ1v) is 5.14. The molecular weight excluding hydrogens is 197 g/mol. The fraction of sp³-hybridized carbons (Fsp3) is 0.600. The Morgan fingerprint density at radius 2 is 2.27 bits per heavy atom. The Balaban J connectivity index is 1.71. The van der Waals surface area contributed by atoms with Crippen LogP contribution in [-0.4, -0.2) is 29.7 Å². The maximum atomic E-state index is 12.5. The Bertz CT molecular complexity index is 298. The molecule has 1 aromatic heterocycles. The van der Waals surface area contributed by atoms with Gasteiger partial charge in [0.2, 0.25) is 5.95 Å². The quantitative estimate of drug-likeness (QED) is 0.819. The van der Waals surface area contributed by atoms with E-state index in [1.807, 2.05) is 0 Å². The molecule has 1 aliphatic rings. The molecule has 1 saturated heterocycles. The van der Waals surface area contributed by atoms with E-state index in [2.05, 4.69) is 15.3 Å². The van der Waals surface area contributed by atoms with Crippen LogP contribution in [0.15, 0.2) is 12.4 Å². The lowest BCUT2D eigenvalue weighted by molar-refractivity contribution is 0.185. The van der Waals surface area contributed by atoms with E-state index >= 15 is 0 Å². The second-order valence-electron chi connectivity index (χ2n) is 3.67. The van der Waals surface area contributed by atoms with E-state index in [9.17, 15) is 4.39 Å². The van der Waals surface area contributed by atoms with Crippen LogP contribution in [0.5, 0.6) is 0 Å². The molecule has 0 aromatic carbocycles. The zero-order chi connectivity index (χ0) is 10.5. The summed E-state index contributed by atoms with van der Waals surface area (Å²) in [4.78, 5) is 7.63. The topological polar surface area (TPSA) is 47.0 Å². The molecule has 4 nitrogen and oxygen atoms in total. The zero-order valence-electron chi connectivity index (χ0n) is 8.45. The van der Waals surface area contributed by atoms with Crippen molar-refractivity contribution in [3.63, 3.8) is 0 Å². The van der Waals surface area contributed by atoms with Crippen molar-refractivity contribution in [1.29, 1.82) is 0 Å². The van der Waals surface area contributed by atoms with E-state index in [4.69, 9.17) is 4.74 Å². The Hall–Kier alpha value is -1.23. The summed E-state index contributed by atoms with van der Waals surface area (Å²) in [7, 11) is 0. The minimum absolute atomic E-state index is 0.412. The first-order chi connectivity index (χ1) is 7.34. The van der Waals surface area contributed by atoms with Gasteiger partial charge < -0.3 is 10.1 Å². The molecule has 0 radical (unpaired) electrons. The highest BCUT2D eigenvalue weighted by atomic mass is 19.1. The van der Waals surface area contributed by atoms with E-state index in [0.717, 1.165) is 45.0 Å². The van der Waals surface area contributed by atoms with Gasteiger partial charge in [-0.2, -0.15) is 0 Å². The molecule has 0 amide bonds. The fourth-order valence-electron chi connectivity index (χ4n) is 1.60. The first-order valence-electron chi connectivity index (χ1n) is 5.14. The normalized spacial score (nSPS) is 20.5. The number of aromatic nitrogens is 2. The van der Waals surface area contributed by atoms with Crippen LogP contribution in [0.4, 0.5) is 10.3 Å². The Morgan fingerprint density at radius 1 is 1.47 bits per heavy atom. The van der Waals surface area contributed by atoms with E-state index < -0.39 is 5.82 Å². The number of hydrogen-bond donors (Lipinski definition) is 1. The van der Waals surface area contributed by atoms with Crippen LogP contribution in [0, 0.1) is 11.7 Å². The van der Waals surface area contributed by atoms with E-state index in [1.54, 1.807) is 0 Å². The number of anilines is 1. The van der Waals surface area contributed by atoms with Crippen molar-refractivity contribution in [3.05, 3.63) is 18.2 Å². The van der Waals surface area contributed by atoms with Crippen LogP contribution in [0.2, 0.25) is 0 Å². The van der Waals surface area contributed by atoms with Crippen LogP contribution in [0.1, 0.15) is 12.8 Å². The largest absolute Gasteiger partial charge is 0.381 e. The summed E-state index contributed by atoms with van der Waals surface area (Å²) in [6.07, 6.45) is 4.49. The third-order valence-corrected chi connectivity index (χ3v) is 2.48. The molecule has 1 fully saturated rings. The standard InChI is InChI=1S/C10H14FN3O/c11-9-5-13-10(14-6-9)12-3-1-8-2-4-15-7-8/h5-6,8H,1-4,7H2,(H,12,13,14). The van der Waals surface area contributed by atoms with Gasteiger partial charge in [0.15, 0.2) is 5.82 Å². The van der Waals surface area contributed by atoms with Crippen molar-refractivity contribution < 1.29 is 9.13 Å². The molecule has 1 aromatic rings. The number of rotatable bonds is 4. The average molecular weight is 211 g/mol. The van der Waals surface area contributed by atoms with Crippen molar-refractivity contribution in [1.82, 2.24) is 9.97 Å². The molecule has 0 aliphatic carbocycles. The number of nitrogens with one attached hydrogen (secondary N) is 1. The van der Waals surface area contributed by atoms with Crippen molar-refractivity contribution in [2.24, 2.45) is 5.92 Å². The SMILES string of the molecule is Fc1cnc(NCCC2CCOC2)nc1. The van der Waals surface area contributed by atoms with Gasteiger partial charge in [-0.05, 0) is 18.8 Å². The monoisotopic (exact) mass is 211 g/mol. The zero-order valence-corrected chi connectivity index (χ0v) is 8.45. The summed E-state index contributed by atoms with van der Waals surface area (Å²) in [5.41, 5.74) is 0. The van der Waals surface area contributed by atoms with Gasteiger partial charge >= 0.3 is 0 Å². The average Bonchev–Trinajstić information content (AvgIpc) is 2.74. The second kappa shape index (κ2) is 5.02. The fourth-order valence-corrected chi connectivity index (χ4v) is 1.60. The number of nitrogens with zero attached hydrogens (tertiary/aromatic N) is 2. The minimum atomic E-state index is -0.412. The van der Waals surface area contributed by atoms with Crippen molar-refractivity contribution in [2.75, 3.05) is 25.1 Å². The molecule has 1 atom stereocenters. The van der Waals surface area contributed by atoms with Crippen LogP contribution < -0.4 is 5.32 Å². The Kier molecular flexibility index (Phi) is 3.45. The summed E-state index contributed by atoms with van der Waals surface area (Å²) in [6, 6.07) is 0. The van der Waals surface area contributed by atoms with Gasteiger partial charge in [0, 0.05) is 19.8 Å². The van der Waals surface area contributed by atoms with Crippen LogP contribution in [0.25, 0.3) is 0 Å². The summed E-state index contributed by atoms with van der Waals surface area (Å²) < 4.78 is 17.8. The van der Waals surface area contributed by atoms with Gasteiger partial charge in [0.05, 0.1) is 12.4 Å². The van der Waals surface area contributed by atoms with Gasteiger partial charge in [-0.25, -0.2) is 14.4 Å². The van der Waals surface area contributed by atoms with E-state index in [1.165, 1.54) is 0 Å². The molecular formula is C10H14FN3O. The van der Waals surface area contributed by atoms with E-state index in [-0.39, 0.29) is 0 Å². The van der Waals surface area contributed by atoms with Gasteiger partial charge in [-0.15, -0.1) is 0 Å². The highest BCUT2D eigenvalue weighted by molar-refractivity contribution is 5.21. The Labute approximate surface area is 87.9 Å². The summed E-state index contributed by atoms with van der Waals surface area (Å²) in [5.74, 6) is 0.706. The maximum Gasteiger partial charge on any atom is 0.222 e. The van der Waals surface area contributed by atoms with Crippen LogP contribution in [0.3, 0.4) is 0 Å². The molecule has 2 heterocycles. The van der Waals surface area contributed by atoms with Gasteiger partial charge in [-0.1, -0.05) is 0 Å². The lowest BCUT2D eigenvalue weighted by Gasteiger charge is -2.07. The van der Waals surface area contributed by atoms with Crippen molar-refractivity contribution in [3.8, 4) is 0 Å². The maximum absolute atomic E-state index is 12.5. The summed E-state index contributed by atoms with van der Waals surface area (Å²) >= 11 is 0. The lowest BCUT2D eigenvalue weighted by atomic mass is 10.1. The second-order valence-corrected chi connectivity index (χ2v) is 3.67. The molecule has 0 bridgehead atoms. The molecule has 1 aliphatic heterocycles. The third kappa shape index (κ3) is 3.13. The van der Waals surface area contributed by atoms with Gasteiger partial charge in [-0.3, -0.25) is 0 Å². The lowest BCUT2D eigenvalue weighted by Crippen LogP contribution is -2.10. The van der Waals surface area contributed by atoms with Gasteiger partial charge in [0.25, 0.3) is 0 Å². The molecule has 2 rings (SSSR count). The minimum Gasteiger partial charge on any atom is -0.381 e. The summed E-state index contributed by atoms with van der Waals surface area (Å²) in [6.45, 7) is 2.53. The predicted molar refractivity (Wildman–Crippen MR) is 54.0 cm³/mol. The van der Waals surface area contributed by atoms with Crippen molar-refractivity contribution >= 4 is 5.95 Å². The first kappa shape index (κ1) is 10.3. The van der Waals surface area contributed by atoms with Crippen molar-refractivity contribution in [2.45, 2.75) is 12.8 Å². The highest BCUT2D eigenvalue weighted by Gasteiger charge is 2.14. The molecule has 82 valence electrons. The number of halogens is 1. The highest BCUT2D eigenvalue weighted by Crippen LogP contribution is 2.15. The smallest absolute Gasteiger partial charge is 0.222 e. The third-order valence-electron chi connectivity index (χ3n) is 2.48. The van der Waals surface area contributed by atoms with E-state index in [0.29, 0.717) is 11.9 Å². The molecule has 0 saturated carbocycles. The molecule has 1 unspecified atom stereocenters. The Morgan fingerprint density at radius 3 is 2.93 bits per heavy atom. The predicted octanol–water partition coefficient (Wildman–Crippen LogP) is 1.45. The molecule has 5 heteroatoms. The van der Waals surface area contributed by atoms with Crippen LogP contribution >= 0.6 is 0 Å². The molecule has 1 N–H and O–H groups in total. The summed E-state index contributed by atoms with van der Waals surface area (Å²) in [5, 5.41) is 3.05. The number of hydrogen-bond acceptors (Lipinski definition) is 4.